The lowest BCUT2D eigenvalue weighted by atomic mass is 9.98. The average Bonchev–Trinajstić information content (AvgIpc) is 2.29. The van der Waals surface area contributed by atoms with Gasteiger partial charge in [0.25, 0.3) is 0 Å². The van der Waals surface area contributed by atoms with E-state index in [0.29, 0.717) is 12.0 Å². The third kappa shape index (κ3) is 2.95. The zero-order valence-electron chi connectivity index (χ0n) is 9.78. The van der Waals surface area contributed by atoms with Crippen molar-refractivity contribution < 1.29 is 9.84 Å². The van der Waals surface area contributed by atoms with Crippen LogP contribution in [0.1, 0.15) is 43.4 Å². The quantitative estimate of drug-likeness (QED) is 0.853. The first kappa shape index (κ1) is 11.4. The highest BCUT2D eigenvalue weighted by Crippen LogP contribution is 2.23. The predicted molar refractivity (Wildman–Crippen MR) is 62.4 cm³/mol. The molecule has 1 aromatic rings. The van der Waals surface area contributed by atoms with Crippen LogP contribution in [0.4, 0.5) is 0 Å². The van der Waals surface area contributed by atoms with Gasteiger partial charge in [0.1, 0.15) is 6.10 Å². The van der Waals surface area contributed by atoms with E-state index >= 15 is 0 Å². The average molecular weight is 221 g/mol. The van der Waals surface area contributed by atoms with Gasteiger partial charge < -0.3 is 9.84 Å². The lowest BCUT2D eigenvalue weighted by molar-refractivity contribution is 0.148. The molecule has 0 bridgehead atoms. The number of hydrogen-bond donors (Lipinski definition) is 1. The first-order valence-electron chi connectivity index (χ1n) is 6.03. The van der Waals surface area contributed by atoms with Gasteiger partial charge in [0.05, 0.1) is 6.61 Å². The van der Waals surface area contributed by atoms with Gasteiger partial charge in [-0.1, -0.05) is 6.42 Å². The van der Waals surface area contributed by atoms with Gasteiger partial charge in [-0.25, -0.2) is 4.98 Å². The SMILES string of the molecule is Cc1cc(CO)cc(OC2CCCCC2)n1. The first-order chi connectivity index (χ1) is 7.78. The first-order valence-corrected chi connectivity index (χ1v) is 6.03. The smallest absolute Gasteiger partial charge is 0.214 e. The molecule has 3 nitrogen and oxygen atoms in total. The van der Waals surface area contributed by atoms with Crippen LogP contribution >= 0.6 is 0 Å². The van der Waals surface area contributed by atoms with Crippen LogP contribution in [0, 0.1) is 6.92 Å². The molecular formula is C13H19NO2. The van der Waals surface area contributed by atoms with Gasteiger partial charge in [0.15, 0.2) is 0 Å². The van der Waals surface area contributed by atoms with Crippen LogP contribution in [0.3, 0.4) is 0 Å². The van der Waals surface area contributed by atoms with Gasteiger partial charge >= 0.3 is 0 Å². The Labute approximate surface area is 96.5 Å². The van der Waals surface area contributed by atoms with E-state index in [2.05, 4.69) is 4.98 Å². The van der Waals surface area contributed by atoms with E-state index in [9.17, 15) is 0 Å². The number of rotatable bonds is 3. The second-order valence-electron chi connectivity index (χ2n) is 4.49. The molecule has 0 amide bonds. The summed E-state index contributed by atoms with van der Waals surface area (Å²) in [5, 5.41) is 9.11. The highest BCUT2D eigenvalue weighted by Gasteiger charge is 2.15. The van der Waals surface area contributed by atoms with Crippen LogP contribution in [0.2, 0.25) is 0 Å². The topological polar surface area (TPSA) is 42.4 Å². The lowest BCUT2D eigenvalue weighted by Crippen LogP contribution is -2.20. The summed E-state index contributed by atoms with van der Waals surface area (Å²) in [6, 6.07) is 3.72. The molecule has 1 heterocycles. The molecule has 0 aromatic carbocycles. The maximum absolute atomic E-state index is 9.11. The molecular weight excluding hydrogens is 202 g/mol. The van der Waals surface area contributed by atoms with Gasteiger partial charge in [-0.3, -0.25) is 0 Å². The van der Waals surface area contributed by atoms with Crippen molar-refractivity contribution in [3.63, 3.8) is 0 Å². The minimum atomic E-state index is 0.0460. The number of aliphatic hydroxyl groups excluding tert-OH is 1. The Bertz CT molecular complexity index is 346. The number of hydrogen-bond acceptors (Lipinski definition) is 3. The molecule has 2 rings (SSSR count). The third-order valence-electron chi connectivity index (χ3n) is 3.01. The molecule has 1 aliphatic carbocycles. The highest BCUT2D eigenvalue weighted by atomic mass is 16.5. The number of aromatic nitrogens is 1. The van der Waals surface area contributed by atoms with E-state index in [0.717, 1.165) is 24.1 Å². The fourth-order valence-corrected chi connectivity index (χ4v) is 2.21. The molecule has 0 saturated heterocycles. The minimum absolute atomic E-state index is 0.0460. The molecule has 1 saturated carbocycles. The van der Waals surface area contributed by atoms with Crippen molar-refractivity contribution in [1.29, 1.82) is 0 Å². The largest absolute Gasteiger partial charge is 0.474 e. The van der Waals surface area contributed by atoms with E-state index in [1.807, 2.05) is 19.1 Å². The van der Waals surface area contributed by atoms with Crippen LogP contribution in [0.15, 0.2) is 12.1 Å². The van der Waals surface area contributed by atoms with Crippen molar-refractivity contribution in [2.45, 2.75) is 51.7 Å². The number of nitrogens with zero attached hydrogens (tertiary/aromatic N) is 1. The summed E-state index contributed by atoms with van der Waals surface area (Å²) in [7, 11) is 0. The van der Waals surface area contributed by atoms with Crippen LogP contribution in [0.25, 0.3) is 0 Å². The second-order valence-corrected chi connectivity index (χ2v) is 4.49. The summed E-state index contributed by atoms with van der Waals surface area (Å²) < 4.78 is 5.86. The molecule has 0 aliphatic heterocycles. The van der Waals surface area contributed by atoms with Crippen LogP contribution in [-0.2, 0) is 6.61 Å². The van der Waals surface area contributed by atoms with Gasteiger partial charge in [0, 0.05) is 11.8 Å². The molecule has 0 radical (unpaired) electrons. The molecule has 0 spiro atoms. The van der Waals surface area contributed by atoms with Crippen LogP contribution in [0.5, 0.6) is 5.88 Å². The molecule has 88 valence electrons. The molecule has 3 heteroatoms. The molecule has 1 aromatic heterocycles. The Balaban J connectivity index is 2.04. The molecule has 0 unspecified atom stereocenters. The van der Waals surface area contributed by atoms with Crippen LogP contribution in [-0.4, -0.2) is 16.2 Å². The zero-order valence-corrected chi connectivity index (χ0v) is 9.78. The Hall–Kier alpha value is -1.09. The van der Waals surface area contributed by atoms with E-state index in [4.69, 9.17) is 9.84 Å². The summed E-state index contributed by atoms with van der Waals surface area (Å²) >= 11 is 0. The van der Waals surface area contributed by atoms with Gasteiger partial charge in [-0.05, 0) is 44.2 Å². The van der Waals surface area contributed by atoms with Crippen molar-refractivity contribution in [1.82, 2.24) is 4.98 Å². The van der Waals surface area contributed by atoms with Crippen LogP contribution < -0.4 is 4.74 Å². The number of aryl methyl sites for hydroxylation is 1. The molecule has 1 fully saturated rings. The van der Waals surface area contributed by atoms with Crippen molar-refractivity contribution >= 4 is 0 Å². The van der Waals surface area contributed by atoms with Gasteiger partial charge in [-0.15, -0.1) is 0 Å². The number of pyridine rings is 1. The molecule has 1 N–H and O–H groups in total. The Morgan fingerprint density at radius 3 is 2.75 bits per heavy atom. The zero-order chi connectivity index (χ0) is 11.4. The van der Waals surface area contributed by atoms with Gasteiger partial charge in [0.2, 0.25) is 5.88 Å². The van der Waals surface area contributed by atoms with E-state index in [-0.39, 0.29) is 6.61 Å². The van der Waals surface area contributed by atoms with Crippen molar-refractivity contribution in [2.24, 2.45) is 0 Å². The van der Waals surface area contributed by atoms with E-state index in [1.54, 1.807) is 0 Å². The molecule has 1 aliphatic rings. The van der Waals surface area contributed by atoms with Crippen molar-refractivity contribution in [2.75, 3.05) is 0 Å². The summed E-state index contributed by atoms with van der Waals surface area (Å²) in [6.45, 7) is 1.97. The Morgan fingerprint density at radius 1 is 1.31 bits per heavy atom. The van der Waals surface area contributed by atoms with E-state index < -0.39 is 0 Å². The maximum atomic E-state index is 9.11. The molecule has 16 heavy (non-hydrogen) atoms. The van der Waals surface area contributed by atoms with E-state index in [1.165, 1.54) is 19.3 Å². The minimum Gasteiger partial charge on any atom is -0.474 e. The van der Waals surface area contributed by atoms with Gasteiger partial charge in [-0.2, -0.15) is 0 Å². The Morgan fingerprint density at radius 2 is 2.06 bits per heavy atom. The normalized spacial score (nSPS) is 17.4. The van der Waals surface area contributed by atoms with Crippen molar-refractivity contribution in [3.05, 3.63) is 23.4 Å². The summed E-state index contributed by atoms with van der Waals surface area (Å²) in [5.74, 6) is 0.663. The number of aliphatic hydroxyl groups is 1. The monoisotopic (exact) mass is 221 g/mol. The Kier molecular flexibility index (Phi) is 3.78. The number of ether oxygens (including phenoxy) is 1. The summed E-state index contributed by atoms with van der Waals surface area (Å²) in [5.41, 5.74) is 1.77. The third-order valence-corrected chi connectivity index (χ3v) is 3.01. The maximum Gasteiger partial charge on any atom is 0.214 e. The fraction of sp³-hybridized carbons (Fsp3) is 0.615. The predicted octanol–water partition coefficient (Wildman–Crippen LogP) is 2.59. The lowest BCUT2D eigenvalue weighted by Gasteiger charge is -2.22. The summed E-state index contributed by atoms with van der Waals surface area (Å²) in [6.07, 6.45) is 6.40. The van der Waals surface area contributed by atoms with Crippen molar-refractivity contribution in [3.8, 4) is 5.88 Å². The molecule has 0 atom stereocenters. The standard InChI is InChI=1S/C13H19NO2/c1-10-7-11(9-15)8-13(14-10)16-12-5-3-2-4-6-12/h7-8,12,15H,2-6,9H2,1H3. The second kappa shape index (κ2) is 5.30. The summed E-state index contributed by atoms with van der Waals surface area (Å²) in [4.78, 5) is 4.34. The highest BCUT2D eigenvalue weighted by molar-refractivity contribution is 5.24. The fourth-order valence-electron chi connectivity index (χ4n) is 2.21.